The van der Waals surface area contributed by atoms with Crippen molar-refractivity contribution in [3.8, 4) is 0 Å². The van der Waals surface area contributed by atoms with E-state index in [-0.39, 0.29) is 21.5 Å². The van der Waals surface area contributed by atoms with E-state index in [1.165, 1.54) is 6.07 Å². The molecule has 2 rings (SSSR count). The monoisotopic (exact) mass is 376 g/mol. The molecule has 8 heteroatoms. The van der Waals surface area contributed by atoms with Gasteiger partial charge >= 0.3 is 0 Å². The Balaban J connectivity index is 2.41. The summed E-state index contributed by atoms with van der Waals surface area (Å²) < 4.78 is 27.7. The van der Waals surface area contributed by atoms with E-state index in [4.69, 9.17) is 0 Å². The average molecular weight is 377 g/mol. The Bertz CT molecular complexity index is 675. The highest BCUT2D eigenvalue weighted by Gasteiger charge is 2.31. The molecule has 1 aliphatic carbocycles. The molecule has 2 unspecified atom stereocenters. The fourth-order valence-corrected chi connectivity index (χ4v) is 5.05. The highest BCUT2D eigenvalue weighted by atomic mass is 79.9. The molecule has 1 aromatic carbocycles. The molecule has 1 fully saturated rings. The predicted octanol–water partition coefficient (Wildman–Crippen LogP) is 2.81. The van der Waals surface area contributed by atoms with Gasteiger partial charge in [0, 0.05) is 23.0 Å². The van der Waals surface area contributed by atoms with Gasteiger partial charge in [0.2, 0.25) is 10.0 Å². The van der Waals surface area contributed by atoms with Crippen LogP contribution >= 0.6 is 15.9 Å². The fourth-order valence-electron chi connectivity index (χ4n) is 2.50. The molecule has 1 N–H and O–H groups in total. The van der Waals surface area contributed by atoms with Gasteiger partial charge in [-0.2, -0.15) is 0 Å². The summed E-state index contributed by atoms with van der Waals surface area (Å²) in [5.74, 6) is 0. The van der Waals surface area contributed by atoms with Crippen molar-refractivity contribution in [2.24, 2.45) is 0 Å². The van der Waals surface area contributed by atoms with Crippen molar-refractivity contribution in [1.29, 1.82) is 0 Å². The predicted molar refractivity (Wildman–Crippen MR) is 83.2 cm³/mol. The fraction of sp³-hybridized carbons (Fsp3) is 0.538. The summed E-state index contributed by atoms with van der Waals surface area (Å²) >= 11 is 3.47. The highest BCUT2D eigenvalue weighted by molar-refractivity contribution is 9.09. The van der Waals surface area contributed by atoms with Crippen molar-refractivity contribution in [1.82, 2.24) is 4.72 Å². The van der Waals surface area contributed by atoms with Crippen LogP contribution in [0.15, 0.2) is 17.0 Å². The van der Waals surface area contributed by atoms with Crippen molar-refractivity contribution in [3.05, 3.63) is 33.4 Å². The third-order valence-electron chi connectivity index (χ3n) is 3.84. The molecule has 1 aromatic rings. The van der Waals surface area contributed by atoms with E-state index in [9.17, 15) is 18.5 Å². The minimum atomic E-state index is -3.77. The van der Waals surface area contributed by atoms with Crippen LogP contribution in [0.25, 0.3) is 0 Å². The first-order valence-electron chi connectivity index (χ1n) is 6.64. The Kier molecular flexibility index (Phi) is 4.69. The summed E-state index contributed by atoms with van der Waals surface area (Å²) in [7, 11) is -3.77. The quantitative estimate of drug-likeness (QED) is 0.496. The number of nitrogens with one attached hydrogen (secondary N) is 1. The van der Waals surface area contributed by atoms with Gasteiger partial charge in [-0.15, -0.1) is 0 Å². The number of halogens is 1. The molecule has 0 heterocycles. The number of benzene rings is 1. The molecule has 0 bridgehead atoms. The maximum Gasteiger partial charge on any atom is 0.271 e. The minimum Gasteiger partial charge on any atom is -0.258 e. The van der Waals surface area contributed by atoms with Crippen LogP contribution in [0, 0.1) is 24.0 Å². The number of aryl methyl sites for hydroxylation is 1. The molecule has 0 saturated heterocycles. The lowest BCUT2D eigenvalue weighted by molar-refractivity contribution is -0.385. The zero-order chi connectivity index (χ0) is 15.8. The van der Waals surface area contributed by atoms with Crippen molar-refractivity contribution in [2.75, 3.05) is 0 Å². The summed E-state index contributed by atoms with van der Waals surface area (Å²) in [6.45, 7) is 3.33. The maximum atomic E-state index is 12.5. The Hall–Kier alpha value is -0.990. The van der Waals surface area contributed by atoms with E-state index in [1.54, 1.807) is 13.8 Å². The molecule has 1 saturated carbocycles. The zero-order valence-corrected chi connectivity index (χ0v) is 14.2. The van der Waals surface area contributed by atoms with Gasteiger partial charge in [0.25, 0.3) is 5.69 Å². The Morgan fingerprint density at radius 3 is 2.52 bits per heavy atom. The minimum absolute atomic E-state index is 0.0131. The van der Waals surface area contributed by atoms with Crippen LogP contribution in [0.2, 0.25) is 0 Å². The molecule has 21 heavy (non-hydrogen) atoms. The topological polar surface area (TPSA) is 89.3 Å². The summed E-state index contributed by atoms with van der Waals surface area (Å²) in [6.07, 6.45) is 2.64. The van der Waals surface area contributed by atoms with Crippen LogP contribution in [-0.4, -0.2) is 24.2 Å². The van der Waals surface area contributed by atoms with Gasteiger partial charge < -0.3 is 0 Å². The Morgan fingerprint density at radius 1 is 1.33 bits per heavy atom. The van der Waals surface area contributed by atoms with E-state index >= 15 is 0 Å². The normalized spacial score (nSPS) is 22.4. The second-order valence-corrected chi connectivity index (χ2v) is 8.18. The standard InChI is InChI=1S/C13H17BrN2O4S/c1-8-6-10(16(17)18)7-13(9(8)2)21(19,20)15-12-5-3-4-11(12)14/h6-7,11-12,15H,3-5H2,1-2H3. The van der Waals surface area contributed by atoms with Gasteiger partial charge in [0.15, 0.2) is 0 Å². The second-order valence-electron chi connectivity index (χ2n) is 5.32. The molecule has 1 aliphatic rings. The average Bonchev–Trinajstić information content (AvgIpc) is 2.77. The largest absolute Gasteiger partial charge is 0.271 e. The first-order chi connectivity index (χ1) is 9.72. The van der Waals surface area contributed by atoms with E-state index in [2.05, 4.69) is 20.7 Å². The second kappa shape index (κ2) is 6.02. The lowest BCUT2D eigenvalue weighted by Gasteiger charge is -2.18. The molecule has 0 spiro atoms. The maximum absolute atomic E-state index is 12.5. The SMILES string of the molecule is Cc1cc([N+](=O)[O-])cc(S(=O)(=O)NC2CCCC2Br)c1C. The van der Waals surface area contributed by atoms with Gasteiger partial charge in [0.1, 0.15) is 0 Å². The number of nitrogens with zero attached hydrogens (tertiary/aromatic N) is 1. The molecular formula is C13H17BrN2O4S. The highest BCUT2D eigenvalue weighted by Crippen LogP contribution is 2.29. The summed E-state index contributed by atoms with van der Waals surface area (Å²) in [5.41, 5.74) is 0.920. The van der Waals surface area contributed by atoms with Gasteiger partial charge in [0.05, 0.1) is 9.82 Å². The van der Waals surface area contributed by atoms with Crippen molar-refractivity contribution >= 4 is 31.6 Å². The van der Waals surface area contributed by atoms with E-state index in [0.29, 0.717) is 11.1 Å². The van der Waals surface area contributed by atoms with Crippen molar-refractivity contribution < 1.29 is 13.3 Å². The van der Waals surface area contributed by atoms with Crippen LogP contribution in [-0.2, 0) is 10.0 Å². The molecular weight excluding hydrogens is 360 g/mol. The van der Waals surface area contributed by atoms with Gasteiger partial charge in [-0.25, -0.2) is 13.1 Å². The first-order valence-corrected chi connectivity index (χ1v) is 9.04. The number of alkyl halides is 1. The molecule has 2 atom stereocenters. The molecule has 0 aliphatic heterocycles. The summed E-state index contributed by atoms with van der Waals surface area (Å²) in [5, 5.41) is 10.9. The lowest BCUT2D eigenvalue weighted by Crippen LogP contribution is -2.38. The first kappa shape index (κ1) is 16.4. The third-order valence-corrected chi connectivity index (χ3v) is 6.56. The van der Waals surface area contributed by atoms with Crippen LogP contribution < -0.4 is 4.72 Å². The van der Waals surface area contributed by atoms with E-state index < -0.39 is 14.9 Å². The zero-order valence-electron chi connectivity index (χ0n) is 11.8. The van der Waals surface area contributed by atoms with Gasteiger partial charge in [-0.1, -0.05) is 22.4 Å². The summed E-state index contributed by atoms with van der Waals surface area (Å²) in [6, 6.07) is 2.34. The number of hydrogen-bond acceptors (Lipinski definition) is 4. The van der Waals surface area contributed by atoms with E-state index in [0.717, 1.165) is 25.3 Å². The van der Waals surface area contributed by atoms with Crippen LogP contribution in [0.5, 0.6) is 0 Å². The number of hydrogen-bond donors (Lipinski definition) is 1. The van der Waals surface area contributed by atoms with Crippen LogP contribution in [0.4, 0.5) is 5.69 Å². The summed E-state index contributed by atoms with van der Waals surface area (Å²) in [4.78, 5) is 10.4. The number of non-ortho nitro benzene ring substituents is 1. The smallest absolute Gasteiger partial charge is 0.258 e. The third kappa shape index (κ3) is 3.44. The Labute approximate surface area is 132 Å². The number of nitro groups is 1. The molecule has 0 radical (unpaired) electrons. The van der Waals surface area contributed by atoms with Gasteiger partial charge in [-0.3, -0.25) is 10.1 Å². The lowest BCUT2D eigenvalue weighted by atomic mass is 10.1. The molecule has 116 valence electrons. The van der Waals surface area contributed by atoms with Crippen molar-refractivity contribution in [3.63, 3.8) is 0 Å². The number of nitro benzene ring substituents is 1. The van der Waals surface area contributed by atoms with Crippen molar-refractivity contribution in [2.45, 2.75) is 48.9 Å². The molecule has 0 aromatic heterocycles. The van der Waals surface area contributed by atoms with Crippen LogP contribution in [0.3, 0.4) is 0 Å². The number of sulfonamides is 1. The van der Waals surface area contributed by atoms with E-state index in [1.807, 2.05) is 0 Å². The number of rotatable bonds is 4. The molecule has 6 nitrogen and oxygen atoms in total. The molecule has 0 amide bonds. The Morgan fingerprint density at radius 2 is 2.00 bits per heavy atom. The van der Waals surface area contributed by atoms with Crippen LogP contribution in [0.1, 0.15) is 30.4 Å². The van der Waals surface area contributed by atoms with Gasteiger partial charge in [-0.05, 0) is 37.8 Å².